The lowest BCUT2D eigenvalue weighted by Crippen LogP contribution is -2.45. The molecule has 132 valence electrons. The van der Waals surface area contributed by atoms with Crippen molar-refractivity contribution in [1.29, 1.82) is 0 Å². The van der Waals surface area contributed by atoms with Crippen LogP contribution in [0.25, 0.3) is 0 Å². The van der Waals surface area contributed by atoms with Crippen LogP contribution in [0.4, 0.5) is 5.69 Å². The van der Waals surface area contributed by atoms with E-state index in [4.69, 9.17) is 4.42 Å². The van der Waals surface area contributed by atoms with Gasteiger partial charge < -0.3 is 15.1 Å². The average molecular weight is 453 g/mol. The van der Waals surface area contributed by atoms with E-state index in [1.54, 1.807) is 12.3 Å². The molecule has 1 atom stereocenters. The second kappa shape index (κ2) is 8.48. The molecule has 2 N–H and O–H groups in total. The van der Waals surface area contributed by atoms with Crippen molar-refractivity contribution in [2.75, 3.05) is 18.4 Å². The molecule has 1 aliphatic heterocycles. The van der Waals surface area contributed by atoms with Gasteiger partial charge in [-0.15, -0.1) is 0 Å². The Morgan fingerprint density at radius 2 is 2.08 bits per heavy atom. The van der Waals surface area contributed by atoms with Crippen LogP contribution >= 0.6 is 22.6 Å². The first kappa shape index (κ1) is 17.9. The number of carbonyl (C=O) groups is 2. The highest BCUT2D eigenvalue weighted by Gasteiger charge is 2.31. The second-order valence-electron chi connectivity index (χ2n) is 5.95. The van der Waals surface area contributed by atoms with Crippen LogP contribution in [0, 0.1) is 3.57 Å². The van der Waals surface area contributed by atoms with E-state index in [-0.39, 0.29) is 24.4 Å². The highest BCUT2D eigenvalue weighted by molar-refractivity contribution is 14.1. The Kier molecular flexibility index (Phi) is 6.09. The zero-order chi connectivity index (χ0) is 17.6. The third kappa shape index (κ3) is 4.82. The number of rotatable bonds is 6. The fourth-order valence-electron chi connectivity index (χ4n) is 2.95. The number of amides is 2. The maximum Gasteiger partial charge on any atom is 0.238 e. The molecule has 2 amide bonds. The first-order valence-electron chi connectivity index (χ1n) is 8.22. The quantitative estimate of drug-likeness (QED) is 0.660. The number of benzene rings is 1. The molecule has 0 aliphatic carbocycles. The molecular formula is C18H20IN3O3. The molecule has 0 unspecified atom stereocenters. The minimum absolute atomic E-state index is 0.0593. The average Bonchev–Trinajstić information content (AvgIpc) is 3.26. The molecule has 1 aromatic heterocycles. The third-order valence-electron chi connectivity index (χ3n) is 4.18. The van der Waals surface area contributed by atoms with Gasteiger partial charge in [-0.1, -0.05) is 12.1 Å². The largest absolute Gasteiger partial charge is 0.467 e. The number of hydrogen-bond donors (Lipinski definition) is 2. The van der Waals surface area contributed by atoms with Crippen molar-refractivity contribution in [2.45, 2.75) is 25.4 Å². The summed E-state index contributed by atoms with van der Waals surface area (Å²) in [5.74, 6) is 0.556. The van der Waals surface area contributed by atoms with Crippen LogP contribution in [0.15, 0.2) is 47.1 Å². The molecule has 25 heavy (non-hydrogen) atoms. The Morgan fingerprint density at radius 1 is 1.24 bits per heavy atom. The van der Waals surface area contributed by atoms with Crippen LogP contribution in [0.3, 0.4) is 0 Å². The van der Waals surface area contributed by atoms with Crippen LogP contribution < -0.4 is 10.6 Å². The minimum Gasteiger partial charge on any atom is -0.467 e. The first-order chi connectivity index (χ1) is 12.1. The molecule has 2 heterocycles. The monoisotopic (exact) mass is 453 g/mol. The Labute approximate surface area is 160 Å². The number of hydrogen-bond acceptors (Lipinski definition) is 4. The van der Waals surface area contributed by atoms with Crippen LogP contribution in [0.2, 0.25) is 0 Å². The number of nitrogens with one attached hydrogen (secondary N) is 2. The van der Waals surface area contributed by atoms with Crippen molar-refractivity contribution in [1.82, 2.24) is 10.2 Å². The number of carbonyl (C=O) groups excluding carboxylic acids is 2. The van der Waals surface area contributed by atoms with Gasteiger partial charge in [0.1, 0.15) is 5.76 Å². The summed E-state index contributed by atoms with van der Waals surface area (Å²) in [6.07, 6.45) is 3.26. The normalized spacial score (nSPS) is 17.4. The lowest BCUT2D eigenvalue weighted by atomic mass is 10.2. The summed E-state index contributed by atoms with van der Waals surface area (Å²) in [5, 5.41) is 5.80. The predicted molar refractivity (Wildman–Crippen MR) is 103 cm³/mol. The van der Waals surface area contributed by atoms with Crippen molar-refractivity contribution < 1.29 is 14.0 Å². The zero-order valence-corrected chi connectivity index (χ0v) is 15.9. The summed E-state index contributed by atoms with van der Waals surface area (Å²) in [6.45, 7) is 1.33. The van der Waals surface area contributed by atoms with Crippen LogP contribution in [-0.2, 0) is 16.1 Å². The number of anilines is 1. The van der Waals surface area contributed by atoms with Gasteiger partial charge in [-0.3, -0.25) is 14.5 Å². The Bertz CT molecular complexity index is 733. The number of halogens is 1. The lowest BCUT2D eigenvalue weighted by molar-refractivity contribution is -0.126. The van der Waals surface area contributed by atoms with Crippen LogP contribution in [0.1, 0.15) is 18.6 Å². The van der Waals surface area contributed by atoms with Crippen molar-refractivity contribution >= 4 is 40.1 Å². The molecule has 0 saturated carbocycles. The van der Waals surface area contributed by atoms with Crippen molar-refractivity contribution in [3.05, 3.63) is 52.0 Å². The Hall–Kier alpha value is -1.87. The molecule has 3 rings (SSSR count). The maximum atomic E-state index is 12.4. The van der Waals surface area contributed by atoms with Gasteiger partial charge in [-0.25, -0.2) is 0 Å². The summed E-state index contributed by atoms with van der Waals surface area (Å²) in [5.41, 5.74) is 0.797. The van der Waals surface area contributed by atoms with Gasteiger partial charge in [-0.2, -0.15) is 0 Å². The van der Waals surface area contributed by atoms with Gasteiger partial charge in [0.05, 0.1) is 31.1 Å². The van der Waals surface area contributed by atoms with Gasteiger partial charge in [0.25, 0.3) is 0 Å². The van der Waals surface area contributed by atoms with Crippen molar-refractivity contribution in [3.8, 4) is 0 Å². The summed E-state index contributed by atoms with van der Waals surface area (Å²) >= 11 is 2.19. The van der Waals surface area contributed by atoms with Gasteiger partial charge in [0.15, 0.2) is 0 Å². The third-order valence-corrected chi connectivity index (χ3v) is 5.12. The van der Waals surface area contributed by atoms with Gasteiger partial charge in [0.2, 0.25) is 11.8 Å². The lowest BCUT2D eigenvalue weighted by Gasteiger charge is -2.23. The summed E-state index contributed by atoms with van der Waals surface area (Å²) in [6, 6.07) is 11.0. The molecule has 0 spiro atoms. The van der Waals surface area contributed by atoms with Crippen molar-refractivity contribution in [3.63, 3.8) is 0 Å². The smallest absolute Gasteiger partial charge is 0.238 e. The fourth-order valence-corrected chi connectivity index (χ4v) is 3.48. The Balaban J connectivity index is 1.53. The number of furan rings is 1. The molecule has 0 radical (unpaired) electrons. The highest BCUT2D eigenvalue weighted by Crippen LogP contribution is 2.19. The van der Waals surface area contributed by atoms with E-state index in [1.165, 1.54) is 0 Å². The molecule has 1 saturated heterocycles. The predicted octanol–water partition coefficient (Wildman–Crippen LogP) is 2.60. The van der Waals surface area contributed by atoms with Gasteiger partial charge in [-0.05, 0) is 66.2 Å². The summed E-state index contributed by atoms with van der Waals surface area (Å²) in [7, 11) is 0. The topological polar surface area (TPSA) is 74.6 Å². The second-order valence-corrected chi connectivity index (χ2v) is 7.12. The van der Waals surface area contributed by atoms with Crippen LogP contribution in [0.5, 0.6) is 0 Å². The number of para-hydroxylation sites is 1. The fraction of sp³-hybridized carbons (Fsp3) is 0.333. The molecule has 6 nitrogen and oxygen atoms in total. The van der Waals surface area contributed by atoms with E-state index in [9.17, 15) is 9.59 Å². The standard InChI is InChI=1S/C18H20IN3O3/c19-14-6-1-2-7-15(14)21-17(23)12-22-9-3-8-16(22)18(24)20-11-13-5-4-10-25-13/h1-2,4-7,10,16H,3,8-9,11-12H2,(H,20,24)(H,21,23)/t16-/m0/s1. The van der Waals surface area contributed by atoms with Crippen LogP contribution in [-0.4, -0.2) is 35.8 Å². The Morgan fingerprint density at radius 3 is 2.84 bits per heavy atom. The summed E-state index contributed by atoms with van der Waals surface area (Å²) < 4.78 is 6.21. The number of nitrogens with zero attached hydrogens (tertiary/aromatic N) is 1. The summed E-state index contributed by atoms with van der Waals surface area (Å²) in [4.78, 5) is 26.7. The zero-order valence-electron chi connectivity index (χ0n) is 13.7. The highest BCUT2D eigenvalue weighted by atomic mass is 127. The van der Waals surface area contributed by atoms with E-state index < -0.39 is 0 Å². The van der Waals surface area contributed by atoms with Gasteiger partial charge >= 0.3 is 0 Å². The van der Waals surface area contributed by atoms with E-state index >= 15 is 0 Å². The molecule has 1 aromatic carbocycles. The molecule has 7 heteroatoms. The molecule has 1 aliphatic rings. The molecule has 1 fully saturated rings. The molecular weight excluding hydrogens is 433 g/mol. The minimum atomic E-state index is -0.268. The van der Waals surface area contributed by atoms with E-state index in [2.05, 4.69) is 33.2 Å². The molecule has 0 bridgehead atoms. The number of likely N-dealkylation sites (tertiary alicyclic amines) is 1. The van der Waals surface area contributed by atoms with E-state index in [0.29, 0.717) is 12.3 Å². The van der Waals surface area contributed by atoms with Gasteiger partial charge in [0, 0.05) is 3.57 Å². The van der Waals surface area contributed by atoms with Crippen molar-refractivity contribution in [2.24, 2.45) is 0 Å². The SMILES string of the molecule is O=C(CN1CCC[C@H]1C(=O)NCc1ccco1)Nc1ccccc1I. The maximum absolute atomic E-state index is 12.4. The van der Waals surface area contributed by atoms with E-state index in [0.717, 1.165) is 28.6 Å². The first-order valence-corrected chi connectivity index (χ1v) is 9.30. The van der Waals surface area contributed by atoms with E-state index in [1.807, 2.05) is 35.2 Å². The molecule has 2 aromatic rings.